The van der Waals surface area contributed by atoms with E-state index < -0.39 is 5.82 Å². The highest BCUT2D eigenvalue weighted by molar-refractivity contribution is 5.92. The van der Waals surface area contributed by atoms with E-state index in [2.05, 4.69) is 10.4 Å². The third-order valence-electron chi connectivity index (χ3n) is 5.55. The third-order valence-corrected chi connectivity index (χ3v) is 5.55. The quantitative estimate of drug-likeness (QED) is 0.591. The van der Waals surface area contributed by atoms with Gasteiger partial charge in [-0.3, -0.25) is 4.79 Å². The van der Waals surface area contributed by atoms with Crippen LogP contribution in [0.4, 0.5) is 4.39 Å². The second kappa shape index (κ2) is 9.20. The molecule has 162 valence electrons. The zero-order chi connectivity index (χ0) is 21.8. The summed E-state index contributed by atoms with van der Waals surface area (Å²) >= 11 is 0. The van der Waals surface area contributed by atoms with E-state index in [1.165, 1.54) is 23.6 Å². The van der Waals surface area contributed by atoms with Gasteiger partial charge < -0.3 is 14.8 Å². The van der Waals surface area contributed by atoms with Gasteiger partial charge in [0.15, 0.2) is 17.2 Å². The molecule has 1 amide bonds. The molecule has 0 radical (unpaired) electrons. The van der Waals surface area contributed by atoms with Crippen molar-refractivity contribution < 1.29 is 18.7 Å². The van der Waals surface area contributed by atoms with Crippen LogP contribution in [-0.4, -0.2) is 28.9 Å². The molecule has 0 aliphatic heterocycles. The first-order chi connectivity index (χ1) is 15.0. The van der Waals surface area contributed by atoms with Crippen LogP contribution >= 0.6 is 0 Å². The van der Waals surface area contributed by atoms with Crippen LogP contribution < -0.4 is 14.8 Å². The largest absolute Gasteiger partial charge is 0.493 e. The number of carbonyl (C=O) groups excluding carboxylic acids is 1. The first kappa shape index (κ1) is 20.9. The van der Waals surface area contributed by atoms with Crippen molar-refractivity contribution >= 4 is 5.91 Å². The number of para-hydroxylation sites is 1. The third kappa shape index (κ3) is 4.71. The summed E-state index contributed by atoms with van der Waals surface area (Å²) in [4.78, 5) is 12.7. The van der Waals surface area contributed by atoms with Crippen LogP contribution in [-0.2, 0) is 0 Å². The Kier molecular flexibility index (Phi) is 6.21. The number of carbonyl (C=O) groups is 1. The molecule has 1 fully saturated rings. The minimum Gasteiger partial charge on any atom is -0.493 e. The molecule has 0 saturated heterocycles. The Morgan fingerprint density at radius 1 is 1.16 bits per heavy atom. The lowest BCUT2D eigenvalue weighted by molar-refractivity contribution is 0.0934. The monoisotopic (exact) mass is 423 g/mol. The summed E-state index contributed by atoms with van der Waals surface area (Å²) in [6, 6.07) is 13.3. The number of hydrogen-bond acceptors (Lipinski definition) is 4. The summed E-state index contributed by atoms with van der Waals surface area (Å²) in [7, 11) is 1.61. The normalized spacial score (nSPS) is 14.9. The fourth-order valence-corrected chi connectivity index (χ4v) is 3.81. The van der Waals surface area contributed by atoms with Gasteiger partial charge in [0.25, 0.3) is 5.91 Å². The van der Waals surface area contributed by atoms with E-state index in [4.69, 9.17) is 9.47 Å². The molecule has 31 heavy (non-hydrogen) atoms. The number of ether oxygens (including phenoxy) is 2. The Bertz CT molecular complexity index is 1060. The van der Waals surface area contributed by atoms with Crippen molar-refractivity contribution in [3.63, 3.8) is 0 Å². The van der Waals surface area contributed by atoms with Crippen molar-refractivity contribution in [2.45, 2.75) is 44.8 Å². The van der Waals surface area contributed by atoms with Gasteiger partial charge in [0.2, 0.25) is 0 Å². The molecule has 1 N–H and O–H groups in total. The van der Waals surface area contributed by atoms with E-state index in [-0.39, 0.29) is 29.4 Å². The molecule has 1 atom stereocenters. The number of methoxy groups -OCH3 is 1. The number of rotatable bonds is 7. The van der Waals surface area contributed by atoms with Crippen LogP contribution in [0.3, 0.4) is 0 Å². The van der Waals surface area contributed by atoms with Gasteiger partial charge >= 0.3 is 0 Å². The number of nitrogens with zero attached hydrogens (tertiary/aromatic N) is 2. The van der Waals surface area contributed by atoms with Gasteiger partial charge in [-0.15, -0.1) is 0 Å². The van der Waals surface area contributed by atoms with E-state index in [1.807, 2.05) is 25.1 Å². The Balaban J connectivity index is 1.44. The Labute approximate surface area is 181 Å². The highest BCUT2D eigenvalue weighted by atomic mass is 19.1. The van der Waals surface area contributed by atoms with Gasteiger partial charge in [-0.2, -0.15) is 5.10 Å². The maximum absolute atomic E-state index is 14.0. The highest BCUT2D eigenvalue weighted by Gasteiger charge is 2.20. The van der Waals surface area contributed by atoms with Gasteiger partial charge in [-0.1, -0.05) is 18.2 Å². The van der Waals surface area contributed by atoms with E-state index in [0.29, 0.717) is 5.75 Å². The van der Waals surface area contributed by atoms with Crippen LogP contribution in [0, 0.1) is 5.82 Å². The van der Waals surface area contributed by atoms with Crippen LogP contribution in [0.15, 0.2) is 54.7 Å². The lowest BCUT2D eigenvalue weighted by Crippen LogP contribution is -2.27. The van der Waals surface area contributed by atoms with Gasteiger partial charge in [-0.25, -0.2) is 9.07 Å². The summed E-state index contributed by atoms with van der Waals surface area (Å²) in [6.07, 6.45) is 6.33. The molecule has 1 unspecified atom stereocenters. The molecule has 1 aliphatic rings. The number of hydrogen-bond donors (Lipinski definition) is 1. The Morgan fingerprint density at radius 2 is 1.94 bits per heavy atom. The predicted molar refractivity (Wildman–Crippen MR) is 115 cm³/mol. The summed E-state index contributed by atoms with van der Waals surface area (Å²) < 4.78 is 26.9. The molecule has 4 rings (SSSR count). The van der Waals surface area contributed by atoms with Crippen LogP contribution in [0.2, 0.25) is 0 Å². The standard InChI is InChI=1S/C24H26FN3O3/c1-16(17-11-12-22(23(15-17)30-2)31-18-7-3-4-8-18)26-24(29)20-13-14-28(27-20)21-10-6-5-9-19(21)25/h5-6,9-16,18H,3-4,7-8H2,1-2H3,(H,26,29). The molecule has 0 spiro atoms. The average molecular weight is 423 g/mol. The minimum absolute atomic E-state index is 0.211. The Morgan fingerprint density at radius 3 is 2.68 bits per heavy atom. The summed E-state index contributed by atoms with van der Waals surface area (Å²) in [6.45, 7) is 1.89. The summed E-state index contributed by atoms with van der Waals surface area (Å²) in [5, 5.41) is 7.14. The number of aromatic nitrogens is 2. The average Bonchev–Trinajstić information content (AvgIpc) is 3.46. The molecule has 1 aliphatic carbocycles. The number of nitrogens with one attached hydrogen (secondary N) is 1. The van der Waals surface area contributed by atoms with E-state index >= 15 is 0 Å². The van der Waals surface area contributed by atoms with Crippen molar-refractivity contribution in [3.05, 3.63) is 71.8 Å². The minimum atomic E-state index is -0.405. The molecule has 7 heteroatoms. The first-order valence-electron chi connectivity index (χ1n) is 10.5. The smallest absolute Gasteiger partial charge is 0.272 e. The lowest BCUT2D eigenvalue weighted by Gasteiger charge is -2.19. The second-order valence-corrected chi connectivity index (χ2v) is 7.73. The number of benzene rings is 2. The fraction of sp³-hybridized carbons (Fsp3) is 0.333. The SMILES string of the molecule is COc1cc(C(C)NC(=O)c2ccn(-c3ccccc3F)n2)ccc1OC1CCCC1. The number of amides is 1. The van der Waals surface area contributed by atoms with Crippen molar-refractivity contribution in [2.24, 2.45) is 0 Å². The van der Waals surface area contributed by atoms with Crippen molar-refractivity contribution in [1.82, 2.24) is 15.1 Å². The summed E-state index contributed by atoms with van der Waals surface area (Å²) in [5.74, 6) is 0.625. The lowest BCUT2D eigenvalue weighted by atomic mass is 10.1. The van der Waals surface area contributed by atoms with E-state index in [0.717, 1.165) is 24.2 Å². The van der Waals surface area contributed by atoms with E-state index in [9.17, 15) is 9.18 Å². The molecule has 3 aromatic rings. The zero-order valence-electron chi connectivity index (χ0n) is 17.7. The maximum atomic E-state index is 14.0. The van der Waals surface area contributed by atoms with Gasteiger partial charge in [0.1, 0.15) is 11.5 Å². The molecule has 0 bridgehead atoms. The van der Waals surface area contributed by atoms with Gasteiger partial charge in [-0.05, 0) is 68.5 Å². The highest BCUT2D eigenvalue weighted by Crippen LogP contribution is 2.33. The molecular formula is C24H26FN3O3. The maximum Gasteiger partial charge on any atom is 0.272 e. The Hall–Kier alpha value is -3.35. The molecule has 1 saturated carbocycles. The molecule has 1 aromatic heterocycles. The van der Waals surface area contributed by atoms with Crippen molar-refractivity contribution in [3.8, 4) is 17.2 Å². The van der Waals surface area contributed by atoms with Crippen LogP contribution in [0.1, 0.15) is 54.7 Å². The second-order valence-electron chi connectivity index (χ2n) is 7.73. The molecular weight excluding hydrogens is 397 g/mol. The van der Waals surface area contributed by atoms with Crippen LogP contribution in [0.25, 0.3) is 5.69 Å². The van der Waals surface area contributed by atoms with Crippen LogP contribution in [0.5, 0.6) is 11.5 Å². The topological polar surface area (TPSA) is 65.4 Å². The van der Waals surface area contributed by atoms with Crippen molar-refractivity contribution in [2.75, 3.05) is 7.11 Å². The fourth-order valence-electron chi connectivity index (χ4n) is 3.81. The van der Waals surface area contributed by atoms with Gasteiger partial charge in [0.05, 0.1) is 19.3 Å². The molecule has 1 heterocycles. The van der Waals surface area contributed by atoms with E-state index in [1.54, 1.807) is 37.6 Å². The molecule has 6 nitrogen and oxygen atoms in total. The number of halogens is 1. The summed E-state index contributed by atoms with van der Waals surface area (Å²) in [5.41, 5.74) is 1.39. The van der Waals surface area contributed by atoms with Crippen molar-refractivity contribution in [1.29, 1.82) is 0 Å². The first-order valence-corrected chi connectivity index (χ1v) is 10.5. The predicted octanol–water partition coefficient (Wildman–Crippen LogP) is 4.83. The van der Waals surface area contributed by atoms with Gasteiger partial charge in [0, 0.05) is 6.20 Å². The molecule has 2 aromatic carbocycles. The zero-order valence-corrected chi connectivity index (χ0v) is 17.7.